The van der Waals surface area contributed by atoms with Crippen LogP contribution in [0.4, 0.5) is 9.39 Å². The van der Waals surface area contributed by atoms with Crippen LogP contribution in [-0.2, 0) is 4.74 Å². The molecule has 0 fully saturated rings. The average molecular weight is 358 g/mol. The van der Waals surface area contributed by atoms with Gasteiger partial charge in [0, 0.05) is 10.9 Å². The Morgan fingerprint density at radius 2 is 2.15 bits per heavy atom. The summed E-state index contributed by atoms with van der Waals surface area (Å²) in [4.78, 5) is 12.1. The number of hydrogen-bond acceptors (Lipinski definition) is 4. The first-order valence-corrected chi connectivity index (χ1v) is 7.60. The topological polar surface area (TPSA) is 52.3 Å². The van der Waals surface area contributed by atoms with Crippen molar-refractivity contribution in [1.29, 1.82) is 0 Å². The van der Waals surface area contributed by atoms with Crippen molar-refractivity contribution in [3.05, 3.63) is 39.4 Å². The molecule has 2 aromatic rings. The fraction of sp³-hybridized carbons (Fsp3) is 0.214. The highest BCUT2D eigenvalue weighted by Gasteiger charge is 2.21. The number of carbonyl (C=O) groups is 1. The van der Waals surface area contributed by atoms with Crippen molar-refractivity contribution < 1.29 is 13.9 Å². The second-order valence-corrected chi connectivity index (χ2v) is 6.24. The van der Waals surface area contributed by atoms with Crippen LogP contribution in [0.1, 0.15) is 24.2 Å². The van der Waals surface area contributed by atoms with Gasteiger partial charge in [0.2, 0.25) is 0 Å². The lowest BCUT2D eigenvalue weighted by atomic mass is 10.0. The van der Waals surface area contributed by atoms with Gasteiger partial charge in [-0.15, -0.1) is 11.3 Å². The molecule has 0 spiro atoms. The van der Waals surface area contributed by atoms with E-state index in [1.807, 2.05) is 0 Å². The first-order chi connectivity index (χ1) is 9.40. The van der Waals surface area contributed by atoms with E-state index < -0.39 is 5.97 Å². The lowest BCUT2D eigenvalue weighted by Crippen LogP contribution is -2.13. The fourth-order valence-corrected chi connectivity index (χ4v) is 2.92. The van der Waals surface area contributed by atoms with Crippen molar-refractivity contribution in [2.45, 2.75) is 20.0 Å². The van der Waals surface area contributed by atoms with Gasteiger partial charge >= 0.3 is 5.97 Å². The van der Waals surface area contributed by atoms with Crippen LogP contribution in [0.3, 0.4) is 0 Å². The molecule has 1 aromatic carbocycles. The van der Waals surface area contributed by atoms with Crippen LogP contribution in [0, 0.1) is 5.82 Å². The summed E-state index contributed by atoms with van der Waals surface area (Å²) < 4.78 is 18.8. The van der Waals surface area contributed by atoms with Crippen LogP contribution in [0.15, 0.2) is 28.1 Å². The van der Waals surface area contributed by atoms with Crippen molar-refractivity contribution in [3.63, 3.8) is 0 Å². The molecule has 106 valence electrons. The van der Waals surface area contributed by atoms with Gasteiger partial charge in [-0.2, -0.15) is 0 Å². The van der Waals surface area contributed by atoms with Crippen LogP contribution in [-0.4, -0.2) is 12.1 Å². The Bertz CT molecular complexity index is 655. The summed E-state index contributed by atoms with van der Waals surface area (Å²) in [7, 11) is 0. The van der Waals surface area contributed by atoms with E-state index in [4.69, 9.17) is 10.5 Å². The van der Waals surface area contributed by atoms with Gasteiger partial charge in [0.05, 0.1) is 10.6 Å². The molecule has 0 radical (unpaired) electrons. The molecule has 0 saturated carbocycles. The highest BCUT2D eigenvalue weighted by Crippen LogP contribution is 2.35. The second kappa shape index (κ2) is 5.93. The molecule has 0 aliphatic carbocycles. The number of ether oxygens (including phenoxy) is 1. The molecule has 0 aliphatic rings. The molecule has 2 rings (SSSR count). The van der Waals surface area contributed by atoms with Crippen molar-refractivity contribution in [3.8, 4) is 11.1 Å². The Hall–Kier alpha value is -1.40. The van der Waals surface area contributed by atoms with E-state index in [2.05, 4.69) is 15.9 Å². The fourth-order valence-electron chi connectivity index (χ4n) is 1.73. The monoisotopic (exact) mass is 357 g/mol. The van der Waals surface area contributed by atoms with Crippen LogP contribution >= 0.6 is 27.3 Å². The number of nitrogens with two attached hydrogens (primary N) is 1. The van der Waals surface area contributed by atoms with Crippen LogP contribution in [0.25, 0.3) is 11.1 Å². The van der Waals surface area contributed by atoms with Gasteiger partial charge in [-0.3, -0.25) is 0 Å². The third-order valence-corrected chi connectivity index (χ3v) is 4.02. The zero-order valence-corrected chi connectivity index (χ0v) is 13.3. The van der Waals surface area contributed by atoms with Gasteiger partial charge < -0.3 is 10.5 Å². The maximum Gasteiger partial charge on any atom is 0.342 e. The quantitative estimate of drug-likeness (QED) is 0.824. The highest BCUT2D eigenvalue weighted by atomic mass is 79.9. The van der Waals surface area contributed by atoms with E-state index in [0.717, 1.165) is 0 Å². The highest BCUT2D eigenvalue weighted by molar-refractivity contribution is 9.10. The molecule has 1 heterocycles. The molecule has 0 aliphatic heterocycles. The summed E-state index contributed by atoms with van der Waals surface area (Å²) in [6, 6.07) is 4.56. The molecule has 0 atom stereocenters. The zero-order valence-electron chi connectivity index (χ0n) is 10.9. The molecule has 20 heavy (non-hydrogen) atoms. The molecular weight excluding hydrogens is 345 g/mol. The number of esters is 1. The van der Waals surface area contributed by atoms with Gasteiger partial charge in [-0.25, -0.2) is 9.18 Å². The molecule has 0 amide bonds. The third kappa shape index (κ3) is 3.02. The SMILES string of the molecule is CC(C)OC(=O)c1c(-c2ccc(F)c(Br)c2)csc1N. The minimum Gasteiger partial charge on any atom is -0.459 e. The van der Waals surface area contributed by atoms with Crippen LogP contribution < -0.4 is 5.73 Å². The second-order valence-electron chi connectivity index (χ2n) is 4.47. The van der Waals surface area contributed by atoms with Gasteiger partial charge in [0.1, 0.15) is 16.4 Å². The summed E-state index contributed by atoms with van der Waals surface area (Å²) in [6.45, 7) is 3.54. The van der Waals surface area contributed by atoms with Gasteiger partial charge in [0.15, 0.2) is 0 Å². The standard InChI is InChI=1S/C14H13BrFNO2S/c1-7(2)19-14(18)12-9(6-20-13(12)17)8-3-4-11(16)10(15)5-8/h3-7H,17H2,1-2H3. The molecule has 1 aromatic heterocycles. The number of rotatable bonds is 3. The molecule has 6 heteroatoms. The maximum atomic E-state index is 13.3. The van der Waals surface area contributed by atoms with Crippen LogP contribution in [0.5, 0.6) is 0 Å². The molecule has 3 nitrogen and oxygen atoms in total. The van der Waals surface area contributed by atoms with Gasteiger partial charge in [0.25, 0.3) is 0 Å². The number of benzene rings is 1. The van der Waals surface area contributed by atoms with Crippen molar-refractivity contribution in [2.75, 3.05) is 5.73 Å². The number of nitrogen functional groups attached to an aromatic ring is 1. The number of halogens is 2. The lowest BCUT2D eigenvalue weighted by Gasteiger charge is -2.10. The van der Waals surface area contributed by atoms with E-state index in [1.54, 1.807) is 31.4 Å². The normalized spacial score (nSPS) is 10.8. The van der Waals surface area contributed by atoms with E-state index in [0.29, 0.717) is 26.2 Å². The minimum atomic E-state index is -0.464. The smallest absolute Gasteiger partial charge is 0.342 e. The number of anilines is 1. The summed E-state index contributed by atoms with van der Waals surface area (Å²) in [5.74, 6) is -0.822. The molecule has 2 N–H and O–H groups in total. The Morgan fingerprint density at radius 3 is 2.75 bits per heavy atom. The minimum absolute atomic E-state index is 0.227. The maximum absolute atomic E-state index is 13.3. The molecule has 0 saturated heterocycles. The number of hydrogen-bond donors (Lipinski definition) is 1. The van der Waals surface area contributed by atoms with Gasteiger partial charge in [-0.1, -0.05) is 6.07 Å². The lowest BCUT2D eigenvalue weighted by molar-refractivity contribution is 0.0380. The van der Waals surface area contributed by atoms with Crippen molar-refractivity contribution >= 4 is 38.2 Å². The Morgan fingerprint density at radius 1 is 1.45 bits per heavy atom. The average Bonchev–Trinajstić information content (AvgIpc) is 2.74. The largest absolute Gasteiger partial charge is 0.459 e. The molecular formula is C14H13BrFNO2S. The van der Waals surface area contributed by atoms with Gasteiger partial charge in [-0.05, 0) is 47.5 Å². The van der Waals surface area contributed by atoms with E-state index in [1.165, 1.54) is 17.4 Å². The van der Waals surface area contributed by atoms with Crippen molar-refractivity contribution in [1.82, 2.24) is 0 Å². The summed E-state index contributed by atoms with van der Waals surface area (Å²) in [6.07, 6.45) is -0.227. The molecule has 0 unspecified atom stereocenters. The Balaban J connectivity index is 2.47. The van der Waals surface area contributed by atoms with E-state index in [-0.39, 0.29) is 11.9 Å². The first kappa shape index (κ1) is 15.0. The first-order valence-electron chi connectivity index (χ1n) is 5.93. The van der Waals surface area contributed by atoms with E-state index in [9.17, 15) is 9.18 Å². The predicted molar refractivity (Wildman–Crippen MR) is 82.4 cm³/mol. The third-order valence-electron chi connectivity index (χ3n) is 2.60. The number of thiophene rings is 1. The predicted octanol–water partition coefficient (Wildman–Crippen LogP) is 4.46. The summed E-state index contributed by atoms with van der Waals surface area (Å²) >= 11 is 4.39. The molecule has 0 bridgehead atoms. The zero-order chi connectivity index (χ0) is 14.9. The Kier molecular flexibility index (Phi) is 4.45. The van der Waals surface area contributed by atoms with E-state index >= 15 is 0 Å². The summed E-state index contributed by atoms with van der Waals surface area (Å²) in [5.41, 5.74) is 7.55. The summed E-state index contributed by atoms with van der Waals surface area (Å²) in [5, 5.41) is 2.16. The van der Waals surface area contributed by atoms with Crippen LogP contribution in [0.2, 0.25) is 0 Å². The van der Waals surface area contributed by atoms with Crippen molar-refractivity contribution in [2.24, 2.45) is 0 Å². The Labute approximate surface area is 128 Å². The number of carbonyl (C=O) groups excluding carboxylic acids is 1.